The van der Waals surface area contributed by atoms with E-state index in [1.54, 1.807) is 0 Å². The standard InChI is InChI=1S/C11H22N2O/c1-3-5-8-12-11(14)13(9-4-2)10-6-7-10/h10H,3-9H2,1-2H3,(H,12,14). The highest BCUT2D eigenvalue weighted by molar-refractivity contribution is 5.74. The van der Waals surface area contributed by atoms with Gasteiger partial charge in [0, 0.05) is 19.1 Å². The lowest BCUT2D eigenvalue weighted by atomic mass is 10.3. The van der Waals surface area contributed by atoms with Gasteiger partial charge >= 0.3 is 6.03 Å². The lowest BCUT2D eigenvalue weighted by molar-refractivity contribution is 0.194. The Bertz CT molecular complexity index is 178. The van der Waals surface area contributed by atoms with Crippen LogP contribution in [-0.4, -0.2) is 30.1 Å². The summed E-state index contributed by atoms with van der Waals surface area (Å²) in [4.78, 5) is 13.7. The first kappa shape index (κ1) is 11.3. The molecule has 0 radical (unpaired) electrons. The Morgan fingerprint density at radius 1 is 1.36 bits per heavy atom. The van der Waals surface area contributed by atoms with Crippen LogP contribution in [0.25, 0.3) is 0 Å². The molecule has 0 bridgehead atoms. The summed E-state index contributed by atoms with van der Waals surface area (Å²) in [6.45, 7) is 5.98. The van der Waals surface area contributed by atoms with E-state index in [0.29, 0.717) is 6.04 Å². The summed E-state index contributed by atoms with van der Waals surface area (Å²) < 4.78 is 0. The monoisotopic (exact) mass is 198 g/mol. The molecular formula is C11H22N2O. The van der Waals surface area contributed by atoms with Crippen LogP contribution in [-0.2, 0) is 0 Å². The van der Waals surface area contributed by atoms with Crippen molar-refractivity contribution < 1.29 is 4.79 Å². The van der Waals surface area contributed by atoms with Crippen molar-refractivity contribution in [3.63, 3.8) is 0 Å². The Labute approximate surface area is 86.9 Å². The largest absolute Gasteiger partial charge is 0.338 e. The van der Waals surface area contributed by atoms with E-state index in [1.165, 1.54) is 12.8 Å². The molecule has 0 aromatic carbocycles. The van der Waals surface area contributed by atoms with Crippen LogP contribution >= 0.6 is 0 Å². The number of carbonyl (C=O) groups is 1. The minimum Gasteiger partial charge on any atom is -0.338 e. The fraction of sp³-hybridized carbons (Fsp3) is 0.909. The highest BCUT2D eigenvalue weighted by Crippen LogP contribution is 2.26. The van der Waals surface area contributed by atoms with E-state index in [2.05, 4.69) is 19.2 Å². The number of amides is 2. The highest BCUT2D eigenvalue weighted by atomic mass is 16.2. The van der Waals surface area contributed by atoms with Gasteiger partial charge in [0.1, 0.15) is 0 Å². The molecule has 1 aliphatic carbocycles. The van der Waals surface area contributed by atoms with Crippen LogP contribution in [0.4, 0.5) is 4.79 Å². The van der Waals surface area contributed by atoms with E-state index in [0.717, 1.165) is 32.4 Å². The van der Waals surface area contributed by atoms with Gasteiger partial charge in [0.2, 0.25) is 0 Å². The van der Waals surface area contributed by atoms with Crippen molar-refractivity contribution in [1.82, 2.24) is 10.2 Å². The summed E-state index contributed by atoms with van der Waals surface area (Å²) in [5.74, 6) is 0. The molecule has 3 heteroatoms. The van der Waals surface area contributed by atoms with E-state index in [1.807, 2.05) is 4.90 Å². The predicted molar refractivity (Wildman–Crippen MR) is 58.3 cm³/mol. The Balaban J connectivity index is 2.23. The summed E-state index contributed by atoms with van der Waals surface area (Å²) in [5.41, 5.74) is 0. The summed E-state index contributed by atoms with van der Waals surface area (Å²) in [7, 11) is 0. The van der Waals surface area contributed by atoms with Crippen molar-refractivity contribution in [3.05, 3.63) is 0 Å². The zero-order chi connectivity index (χ0) is 10.4. The number of hydrogen-bond donors (Lipinski definition) is 1. The van der Waals surface area contributed by atoms with E-state index in [9.17, 15) is 4.79 Å². The van der Waals surface area contributed by atoms with Gasteiger partial charge < -0.3 is 10.2 Å². The summed E-state index contributed by atoms with van der Waals surface area (Å²) in [6, 6.07) is 0.680. The van der Waals surface area contributed by atoms with Crippen molar-refractivity contribution in [2.75, 3.05) is 13.1 Å². The SMILES string of the molecule is CCCCNC(=O)N(CCC)C1CC1. The van der Waals surface area contributed by atoms with Gasteiger partial charge in [-0.2, -0.15) is 0 Å². The van der Waals surface area contributed by atoms with Gasteiger partial charge in [-0.15, -0.1) is 0 Å². The van der Waals surface area contributed by atoms with E-state index < -0.39 is 0 Å². The summed E-state index contributed by atoms with van der Waals surface area (Å²) in [6.07, 6.45) is 5.66. The molecular weight excluding hydrogens is 176 g/mol. The molecule has 82 valence electrons. The fourth-order valence-electron chi connectivity index (χ4n) is 1.55. The van der Waals surface area contributed by atoms with Crippen molar-refractivity contribution in [2.24, 2.45) is 0 Å². The van der Waals surface area contributed by atoms with Crippen LogP contribution in [0.1, 0.15) is 46.0 Å². The van der Waals surface area contributed by atoms with Gasteiger partial charge in [0.25, 0.3) is 0 Å². The molecule has 0 aromatic heterocycles. The van der Waals surface area contributed by atoms with Crippen LogP contribution in [0.3, 0.4) is 0 Å². The van der Waals surface area contributed by atoms with Crippen LogP contribution in [0.5, 0.6) is 0 Å². The van der Waals surface area contributed by atoms with Crippen molar-refractivity contribution in [3.8, 4) is 0 Å². The Morgan fingerprint density at radius 2 is 2.07 bits per heavy atom. The van der Waals surface area contributed by atoms with Gasteiger partial charge in [0.05, 0.1) is 0 Å². The highest BCUT2D eigenvalue weighted by Gasteiger charge is 2.31. The van der Waals surface area contributed by atoms with Crippen LogP contribution in [0.2, 0.25) is 0 Å². The quantitative estimate of drug-likeness (QED) is 0.653. The maximum atomic E-state index is 11.7. The molecule has 1 saturated carbocycles. The smallest absolute Gasteiger partial charge is 0.317 e. The molecule has 0 heterocycles. The third kappa shape index (κ3) is 3.56. The number of nitrogens with zero attached hydrogens (tertiary/aromatic N) is 1. The maximum Gasteiger partial charge on any atom is 0.317 e. The molecule has 0 saturated heterocycles. The van der Waals surface area contributed by atoms with Gasteiger partial charge in [-0.25, -0.2) is 4.79 Å². The number of urea groups is 1. The Kier molecular flexibility index (Phi) is 4.77. The molecule has 1 aliphatic rings. The van der Waals surface area contributed by atoms with Crippen LogP contribution in [0.15, 0.2) is 0 Å². The number of hydrogen-bond acceptors (Lipinski definition) is 1. The first-order valence-corrected chi connectivity index (χ1v) is 5.84. The molecule has 0 spiro atoms. The van der Waals surface area contributed by atoms with Gasteiger partial charge in [-0.05, 0) is 25.7 Å². The van der Waals surface area contributed by atoms with Gasteiger partial charge in [-0.1, -0.05) is 20.3 Å². The third-order valence-corrected chi connectivity index (χ3v) is 2.52. The van der Waals surface area contributed by atoms with Crippen LogP contribution < -0.4 is 5.32 Å². The molecule has 14 heavy (non-hydrogen) atoms. The summed E-state index contributed by atoms with van der Waals surface area (Å²) >= 11 is 0. The van der Waals surface area contributed by atoms with E-state index >= 15 is 0 Å². The van der Waals surface area contributed by atoms with E-state index in [4.69, 9.17) is 0 Å². The molecule has 3 nitrogen and oxygen atoms in total. The fourth-order valence-corrected chi connectivity index (χ4v) is 1.55. The van der Waals surface area contributed by atoms with E-state index in [-0.39, 0.29) is 6.03 Å². The second-order valence-electron chi connectivity index (χ2n) is 4.01. The Morgan fingerprint density at radius 3 is 2.57 bits per heavy atom. The molecule has 1 rings (SSSR count). The van der Waals surface area contributed by atoms with Crippen LogP contribution in [0, 0.1) is 0 Å². The van der Waals surface area contributed by atoms with Crippen molar-refractivity contribution >= 4 is 6.03 Å². The molecule has 0 unspecified atom stereocenters. The second-order valence-corrected chi connectivity index (χ2v) is 4.01. The molecule has 2 amide bonds. The number of nitrogens with one attached hydrogen (secondary N) is 1. The Hall–Kier alpha value is -0.730. The third-order valence-electron chi connectivity index (χ3n) is 2.52. The average Bonchev–Trinajstić information content (AvgIpc) is 2.98. The minimum absolute atomic E-state index is 0.141. The predicted octanol–water partition coefficient (Wildman–Crippen LogP) is 2.37. The van der Waals surface area contributed by atoms with Gasteiger partial charge in [0.15, 0.2) is 0 Å². The molecule has 0 aliphatic heterocycles. The topological polar surface area (TPSA) is 32.3 Å². The lowest BCUT2D eigenvalue weighted by Crippen LogP contribution is -2.42. The molecule has 0 aromatic rings. The normalized spacial score (nSPS) is 15.3. The summed E-state index contributed by atoms with van der Waals surface area (Å²) in [5, 5.41) is 2.98. The zero-order valence-corrected chi connectivity index (χ0v) is 9.38. The minimum atomic E-state index is 0.141. The number of rotatable bonds is 6. The molecule has 1 N–H and O–H groups in total. The second kappa shape index (κ2) is 5.89. The maximum absolute atomic E-state index is 11.7. The first-order valence-electron chi connectivity index (χ1n) is 5.84. The number of unbranched alkanes of at least 4 members (excludes halogenated alkanes) is 1. The molecule has 0 atom stereocenters. The van der Waals surface area contributed by atoms with Crippen molar-refractivity contribution in [2.45, 2.75) is 52.0 Å². The van der Waals surface area contributed by atoms with Gasteiger partial charge in [-0.3, -0.25) is 0 Å². The number of carbonyl (C=O) groups excluding carboxylic acids is 1. The zero-order valence-electron chi connectivity index (χ0n) is 9.38. The lowest BCUT2D eigenvalue weighted by Gasteiger charge is -2.22. The average molecular weight is 198 g/mol. The first-order chi connectivity index (χ1) is 6.79. The molecule has 1 fully saturated rings. The van der Waals surface area contributed by atoms with Crippen molar-refractivity contribution in [1.29, 1.82) is 0 Å².